The largest absolute Gasteiger partial charge is 0.256 e. The summed E-state index contributed by atoms with van der Waals surface area (Å²) < 4.78 is 0. The number of benzene rings is 3. The molecule has 0 saturated carbocycles. The maximum atomic E-state index is 4.78. The molecule has 1 aromatic heterocycles. The summed E-state index contributed by atoms with van der Waals surface area (Å²) in [5.74, 6) is 0. The van der Waals surface area contributed by atoms with Crippen LogP contribution in [0.2, 0.25) is 0 Å². The molecule has 0 amide bonds. The van der Waals surface area contributed by atoms with E-state index < -0.39 is 0 Å². The van der Waals surface area contributed by atoms with E-state index in [0.29, 0.717) is 0 Å². The summed E-state index contributed by atoms with van der Waals surface area (Å²) in [6, 6.07) is 24.5. The van der Waals surface area contributed by atoms with Gasteiger partial charge in [-0.25, -0.2) is 0 Å². The fourth-order valence-corrected chi connectivity index (χ4v) is 4.78. The third-order valence-electron chi connectivity index (χ3n) is 6.46. The lowest BCUT2D eigenvalue weighted by atomic mass is 9.80. The Labute approximate surface area is 173 Å². The van der Waals surface area contributed by atoms with Gasteiger partial charge >= 0.3 is 0 Å². The van der Waals surface area contributed by atoms with Crippen LogP contribution in [0.15, 0.2) is 72.9 Å². The molecule has 0 spiro atoms. The third kappa shape index (κ3) is 2.72. The number of aromatic nitrogens is 1. The van der Waals surface area contributed by atoms with E-state index in [0.717, 1.165) is 5.69 Å². The van der Waals surface area contributed by atoms with Crippen LogP contribution in [0, 0.1) is 0 Å². The highest BCUT2D eigenvalue weighted by Crippen LogP contribution is 2.51. The van der Waals surface area contributed by atoms with Crippen molar-refractivity contribution >= 4 is 10.8 Å². The number of pyridine rings is 1. The highest BCUT2D eigenvalue weighted by Gasteiger charge is 2.36. The second-order valence-corrected chi connectivity index (χ2v) is 9.78. The second kappa shape index (κ2) is 6.03. The Morgan fingerprint density at radius 2 is 1.59 bits per heavy atom. The van der Waals surface area contributed by atoms with E-state index >= 15 is 0 Å². The van der Waals surface area contributed by atoms with Crippen molar-refractivity contribution in [2.24, 2.45) is 0 Å². The molecular formula is C28H27N. The molecule has 0 saturated heterocycles. The van der Waals surface area contributed by atoms with Gasteiger partial charge in [0.15, 0.2) is 0 Å². The van der Waals surface area contributed by atoms with Crippen molar-refractivity contribution in [2.75, 3.05) is 0 Å². The van der Waals surface area contributed by atoms with Crippen molar-refractivity contribution in [3.8, 4) is 22.4 Å². The lowest BCUT2D eigenvalue weighted by Gasteiger charge is -2.23. The van der Waals surface area contributed by atoms with Crippen LogP contribution >= 0.6 is 0 Å². The highest BCUT2D eigenvalue weighted by molar-refractivity contribution is 5.98. The Bertz CT molecular complexity index is 1240. The minimum atomic E-state index is -0.00637. The first-order valence-corrected chi connectivity index (χ1v) is 10.4. The monoisotopic (exact) mass is 377 g/mol. The molecule has 0 fully saturated rings. The van der Waals surface area contributed by atoms with Crippen LogP contribution in [-0.2, 0) is 10.8 Å². The normalized spacial score (nSPS) is 14.7. The minimum absolute atomic E-state index is 0.00637. The molecule has 0 N–H and O–H groups in total. The Morgan fingerprint density at radius 1 is 0.793 bits per heavy atom. The van der Waals surface area contributed by atoms with Gasteiger partial charge in [-0.1, -0.05) is 89.2 Å². The minimum Gasteiger partial charge on any atom is -0.256 e. The topological polar surface area (TPSA) is 12.9 Å². The maximum absolute atomic E-state index is 4.78. The standard InChI is InChI=1S/C28H27N/c1-27(2,3)20-12-15-25(29-17-20)19-11-14-24-23(16-19)22-13-10-18-8-6-7-9-21(18)26(22)28(24,4)5/h6-17H,1-5H3. The predicted octanol–water partition coefficient (Wildman–Crippen LogP) is 7.51. The molecule has 29 heavy (non-hydrogen) atoms. The first kappa shape index (κ1) is 18.1. The van der Waals surface area contributed by atoms with Crippen LogP contribution in [-0.4, -0.2) is 4.98 Å². The van der Waals surface area contributed by atoms with Crippen molar-refractivity contribution in [1.82, 2.24) is 4.98 Å². The molecule has 0 aliphatic heterocycles. The second-order valence-electron chi connectivity index (χ2n) is 9.78. The Kier molecular flexibility index (Phi) is 3.77. The Hall–Kier alpha value is -2.93. The zero-order valence-corrected chi connectivity index (χ0v) is 17.9. The van der Waals surface area contributed by atoms with Gasteiger partial charge in [0.25, 0.3) is 0 Å². The molecule has 0 bridgehead atoms. The molecule has 1 nitrogen and oxygen atoms in total. The van der Waals surface area contributed by atoms with E-state index in [-0.39, 0.29) is 10.8 Å². The van der Waals surface area contributed by atoms with Crippen LogP contribution in [0.5, 0.6) is 0 Å². The summed E-state index contributed by atoms with van der Waals surface area (Å²) in [4.78, 5) is 4.78. The summed E-state index contributed by atoms with van der Waals surface area (Å²) in [5.41, 5.74) is 9.14. The van der Waals surface area contributed by atoms with Gasteiger partial charge in [0, 0.05) is 17.2 Å². The molecule has 1 heteroatoms. The summed E-state index contributed by atoms with van der Waals surface area (Å²) in [5, 5.41) is 2.67. The number of fused-ring (bicyclic) bond motifs is 5. The van der Waals surface area contributed by atoms with E-state index in [1.807, 2.05) is 6.20 Å². The van der Waals surface area contributed by atoms with Crippen LogP contribution in [0.3, 0.4) is 0 Å². The van der Waals surface area contributed by atoms with E-state index in [4.69, 9.17) is 4.98 Å². The first-order chi connectivity index (χ1) is 13.8. The number of nitrogens with zero attached hydrogens (tertiary/aromatic N) is 1. The van der Waals surface area contributed by atoms with E-state index in [2.05, 4.69) is 101 Å². The predicted molar refractivity (Wildman–Crippen MR) is 123 cm³/mol. The fourth-order valence-electron chi connectivity index (χ4n) is 4.78. The van der Waals surface area contributed by atoms with Crippen LogP contribution in [0.4, 0.5) is 0 Å². The highest BCUT2D eigenvalue weighted by atomic mass is 14.7. The van der Waals surface area contributed by atoms with E-state index in [1.54, 1.807) is 0 Å². The van der Waals surface area contributed by atoms with Crippen molar-refractivity contribution in [2.45, 2.75) is 45.4 Å². The maximum Gasteiger partial charge on any atom is 0.0702 e. The molecule has 4 aromatic rings. The van der Waals surface area contributed by atoms with Crippen molar-refractivity contribution < 1.29 is 0 Å². The van der Waals surface area contributed by atoms with Crippen LogP contribution in [0.25, 0.3) is 33.2 Å². The molecule has 0 atom stereocenters. The third-order valence-corrected chi connectivity index (χ3v) is 6.46. The summed E-state index contributed by atoms with van der Waals surface area (Å²) in [7, 11) is 0. The Morgan fingerprint density at radius 3 is 2.31 bits per heavy atom. The van der Waals surface area contributed by atoms with Gasteiger partial charge < -0.3 is 0 Å². The average Bonchev–Trinajstić information content (AvgIpc) is 2.94. The van der Waals surface area contributed by atoms with Crippen LogP contribution < -0.4 is 0 Å². The molecule has 5 rings (SSSR count). The van der Waals surface area contributed by atoms with E-state index in [9.17, 15) is 0 Å². The lowest BCUT2D eigenvalue weighted by Crippen LogP contribution is -2.15. The summed E-state index contributed by atoms with van der Waals surface area (Å²) >= 11 is 0. The fraction of sp³-hybridized carbons (Fsp3) is 0.250. The number of hydrogen-bond acceptors (Lipinski definition) is 1. The molecular weight excluding hydrogens is 350 g/mol. The number of hydrogen-bond donors (Lipinski definition) is 0. The van der Waals surface area contributed by atoms with E-state index in [1.165, 1.54) is 44.2 Å². The van der Waals surface area contributed by atoms with Gasteiger partial charge in [-0.2, -0.15) is 0 Å². The van der Waals surface area contributed by atoms with Gasteiger partial charge in [-0.05, 0) is 56.1 Å². The van der Waals surface area contributed by atoms with Crippen molar-refractivity contribution in [1.29, 1.82) is 0 Å². The Balaban J connectivity index is 1.67. The first-order valence-electron chi connectivity index (χ1n) is 10.4. The summed E-state index contributed by atoms with van der Waals surface area (Å²) in [6.07, 6.45) is 2.02. The molecule has 144 valence electrons. The van der Waals surface area contributed by atoms with Gasteiger partial charge in [0.1, 0.15) is 0 Å². The van der Waals surface area contributed by atoms with Crippen molar-refractivity contribution in [3.63, 3.8) is 0 Å². The molecule has 1 aliphatic rings. The van der Waals surface area contributed by atoms with Crippen molar-refractivity contribution in [3.05, 3.63) is 89.6 Å². The van der Waals surface area contributed by atoms with Gasteiger partial charge in [0.2, 0.25) is 0 Å². The van der Waals surface area contributed by atoms with Gasteiger partial charge in [-0.3, -0.25) is 4.98 Å². The lowest BCUT2D eigenvalue weighted by molar-refractivity contribution is 0.587. The molecule has 1 heterocycles. The molecule has 0 unspecified atom stereocenters. The summed E-state index contributed by atoms with van der Waals surface area (Å²) in [6.45, 7) is 11.4. The average molecular weight is 378 g/mol. The van der Waals surface area contributed by atoms with Gasteiger partial charge in [-0.15, -0.1) is 0 Å². The zero-order valence-electron chi connectivity index (χ0n) is 17.9. The smallest absolute Gasteiger partial charge is 0.0702 e. The molecule has 0 radical (unpaired) electrons. The molecule has 3 aromatic carbocycles. The van der Waals surface area contributed by atoms with Crippen LogP contribution in [0.1, 0.15) is 51.3 Å². The SMILES string of the molecule is CC(C)(C)c1ccc(-c2ccc3c(c2)-c2ccc4ccccc4c2C3(C)C)nc1. The quantitative estimate of drug-likeness (QED) is 0.334. The number of rotatable bonds is 1. The van der Waals surface area contributed by atoms with Gasteiger partial charge in [0.05, 0.1) is 5.69 Å². The zero-order chi connectivity index (χ0) is 20.4. The molecule has 1 aliphatic carbocycles.